The molecule has 0 radical (unpaired) electrons. The fraction of sp³-hybridized carbons (Fsp3) is 0.700. The summed E-state index contributed by atoms with van der Waals surface area (Å²) in [5.41, 5.74) is -0.462. The minimum Gasteiger partial charge on any atom is -0.726 e. The topological polar surface area (TPSA) is 120 Å². The maximum Gasteiger partial charge on any atom is 0.339 e. The quantitative estimate of drug-likeness (QED) is 0.304. The molecule has 3 N–H and O–H groups in total. The van der Waals surface area contributed by atoms with E-state index >= 15 is 0 Å². The molecule has 0 aromatic heterocycles. The van der Waals surface area contributed by atoms with Gasteiger partial charge in [0.05, 0.1) is 5.60 Å². The van der Waals surface area contributed by atoms with Gasteiger partial charge in [0.25, 0.3) is 0 Å². The second-order valence-electron chi connectivity index (χ2n) is 4.66. The maximum atomic E-state index is 10.6. The lowest BCUT2D eigenvalue weighted by Gasteiger charge is -2.20. The minimum absolute atomic E-state index is 0.190. The Balaban J connectivity index is 0. The summed E-state index contributed by atoms with van der Waals surface area (Å²) in [5.74, 6) is -0.190. The molecule has 0 aliphatic rings. The van der Waals surface area contributed by atoms with Gasteiger partial charge in [0.15, 0.2) is 6.23 Å². The van der Waals surface area contributed by atoms with Gasteiger partial charge in [-0.1, -0.05) is 6.58 Å². The van der Waals surface area contributed by atoms with Crippen LogP contribution in [0.4, 0.5) is 0 Å². The van der Waals surface area contributed by atoms with Crippen LogP contribution in [0.15, 0.2) is 12.2 Å². The average molecular weight is 283 g/mol. The van der Waals surface area contributed by atoms with Crippen molar-refractivity contribution in [2.24, 2.45) is 0 Å². The number of rotatable bonds is 3. The number of aliphatic hydroxyl groups excluding tert-OH is 1. The van der Waals surface area contributed by atoms with Crippen molar-refractivity contribution >= 4 is 16.3 Å². The van der Waals surface area contributed by atoms with Crippen LogP contribution >= 0.6 is 0 Å². The molecule has 18 heavy (non-hydrogen) atoms. The first kappa shape index (κ1) is 19.5. The van der Waals surface area contributed by atoms with Crippen LogP contribution in [0.3, 0.4) is 0 Å². The summed E-state index contributed by atoms with van der Waals surface area (Å²) in [6.07, 6.45) is -0.672. The van der Waals surface area contributed by atoms with E-state index in [1.54, 1.807) is 6.92 Å². The third-order valence-electron chi connectivity index (χ3n) is 1.17. The highest BCUT2D eigenvalue weighted by Gasteiger charge is 2.13. The van der Waals surface area contributed by atoms with E-state index in [-0.39, 0.29) is 5.91 Å². The van der Waals surface area contributed by atoms with Gasteiger partial charge in [0.2, 0.25) is 10.4 Å². The van der Waals surface area contributed by atoms with Crippen LogP contribution in [0.25, 0.3) is 0 Å². The van der Waals surface area contributed by atoms with Gasteiger partial charge in [0.1, 0.15) is 0 Å². The van der Waals surface area contributed by atoms with Crippen LogP contribution in [-0.2, 0) is 19.4 Å². The van der Waals surface area contributed by atoms with Gasteiger partial charge in [-0.25, -0.2) is 13.2 Å². The standard InChI is InChI=1S/C6H11NO2.C4H10O4S/c1-4(2)6(9)7-5(3)8;1-4(2,3)8-9(5,6)7/h5,8H,1H2,2-3H3,(H,7,9);1-3H3,(H,5,6,7). The van der Waals surface area contributed by atoms with E-state index < -0.39 is 22.2 Å². The monoisotopic (exact) mass is 283 g/mol. The summed E-state index contributed by atoms with van der Waals surface area (Å²) in [4.78, 5) is 10.6. The van der Waals surface area contributed by atoms with Gasteiger partial charge in [-0.2, -0.15) is 0 Å². The lowest BCUT2D eigenvalue weighted by Crippen LogP contribution is -2.93. The molecule has 1 amide bonds. The largest absolute Gasteiger partial charge is 0.726 e. The van der Waals surface area contributed by atoms with E-state index in [1.165, 1.54) is 33.0 Å². The molecular weight excluding hydrogens is 262 g/mol. The van der Waals surface area contributed by atoms with E-state index in [9.17, 15) is 17.8 Å². The fourth-order valence-corrected chi connectivity index (χ4v) is 1.28. The third-order valence-corrected chi connectivity index (χ3v) is 1.87. The normalized spacial score (nSPS) is 13.3. The summed E-state index contributed by atoms with van der Waals surface area (Å²) in [5, 5.41) is 9.88. The number of quaternary nitrogens is 1. The zero-order valence-electron chi connectivity index (χ0n) is 11.3. The van der Waals surface area contributed by atoms with Crippen LogP contribution in [0.5, 0.6) is 0 Å². The van der Waals surface area contributed by atoms with Crippen molar-refractivity contribution in [1.82, 2.24) is 0 Å². The first-order valence-corrected chi connectivity index (χ1v) is 6.47. The third kappa shape index (κ3) is 17.6. The number of nitrogens with two attached hydrogens (primary N) is 1. The molecule has 0 bridgehead atoms. The second kappa shape index (κ2) is 7.59. The van der Waals surface area contributed by atoms with Gasteiger partial charge in [-0.15, -0.1) is 0 Å². The molecular formula is C10H21NO6S. The first-order chi connectivity index (χ1) is 7.74. The molecule has 0 saturated heterocycles. The lowest BCUT2D eigenvalue weighted by molar-refractivity contribution is -0.639. The summed E-state index contributed by atoms with van der Waals surface area (Å²) in [6.45, 7) is 11.0. The van der Waals surface area contributed by atoms with Crippen LogP contribution in [0.2, 0.25) is 0 Å². The number of hydrogen-bond acceptors (Lipinski definition) is 6. The minimum atomic E-state index is -4.53. The Morgan fingerprint density at radius 2 is 1.83 bits per heavy atom. The number of amides is 1. The van der Waals surface area contributed by atoms with Crippen molar-refractivity contribution in [3.63, 3.8) is 0 Å². The molecule has 7 nitrogen and oxygen atoms in total. The number of primary amides is 1. The molecule has 0 aromatic carbocycles. The maximum absolute atomic E-state index is 10.6. The Morgan fingerprint density at radius 3 is 1.89 bits per heavy atom. The Hall–Kier alpha value is -0.800. The molecule has 0 rings (SSSR count). The predicted molar refractivity (Wildman–Crippen MR) is 64.0 cm³/mol. The van der Waals surface area contributed by atoms with Gasteiger partial charge >= 0.3 is 5.91 Å². The summed E-state index contributed by atoms with van der Waals surface area (Å²) >= 11 is 0. The predicted octanol–water partition coefficient (Wildman–Crippen LogP) is -0.747. The van der Waals surface area contributed by atoms with Crippen LogP contribution in [-0.4, -0.2) is 35.8 Å². The molecule has 0 aliphatic heterocycles. The van der Waals surface area contributed by atoms with E-state index in [1.807, 2.05) is 0 Å². The molecule has 0 fully saturated rings. The van der Waals surface area contributed by atoms with Crippen molar-refractivity contribution in [1.29, 1.82) is 0 Å². The van der Waals surface area contributed by atoms with Gasteiger partial charge < -0.3 is 9.66 Å². The molecule has 8 heteroatoms. The highest BCUT2D eigenvalue weighted by molar-refractivity contribution is 7.80. The van der Waals surface area contributed by atoms with Crippen LogP contribution in [0.1, 0.15) is 34.6 Å². The zero-order chi connectivity index (χ0) is 15.1. The fourth-order valence-electron chi connectivity index (χ4n) is 0.668. The van der Waals surface area contributed by atoms with Crippen LogP contribution < -0.4 is 5.32 Å². The molecule has 1 atom stereocenters. The van der Waals surface area contributed by atoms with Crippen LogP contribution in [0, 0.1) is 0 Å². The van der Waals surface area contributed by atoms with Gasteiger partial charge in [-0.05, 0) is 27.7 Å². The SMILES string of the molecule is C=C(C)C(=O)[NH2+]C(C)O.CC(C)(C)OS(=O)(=O)[O-]. The van der Waals surface area contributed by atoms with Crippen molar-refractivity contribution in [2.45, 2.75) is 46.4 Å². The average Bonchev–Trinajstić information content (AvgIpc) is 1.95. The Kier molecular flexibility index (Phi) is 8.24. The number of carbonyl (C=O) groups excluding carboxylic acids is 1. The van der Waals surface area contributed by atoms with E-state index in [2.05, 4.69) is 10.8 Å². The van der Waals surface area contributed by atoms with E-state index in [4.69, 9.17) is 5.11 Å². The summed E-state index contributed by atoms with van der Waals surface area (Å²) < 4.78 is 33.6. The zero-order valence-corrected chi connectivity index (χ0v) is 12.1. The van der Waals surface area contributed by atoms with Gasteiger partial charge in [0, 0.05) is 12.5 Å². The first-order valence-electron chi connectivity index (χ1n) is 5.14. The molecule has 0 spiro atoms. The molecule has 0 aliphatic carbocycles. The number of aliphatic hydroxyl groups is 1. The Labute approximate surface area is 108 Å². The molecule has 1 unspecified atom stereocenters. The molecule has 0 heterocycles. The Bertz CT molecular complexity index is 380. The van der Waals surface area contributed by atoms with E-state index in [0.717, 1.165) is 0 Å². The van der Waals surface area contributed by atoms with Crippen molar-refractivity contribution in [2.75, 3.05) is 0 Å². The Morgan fingerprint density at radius 1 is 1.44 bits per heavy atom. The summed E-state index contributed by atoms with van der Waals surface area (Å²) in [7, 11) is -4.53. The van der Waals surface area contributed by atoms with Gasteiger partial charge in [-0.3, -0.25) is 9.50 Å². The van der Waals surface area contributed by atoms with Crippen molar-refractivity contribution in [3.05, 3.63) is 12.2 Å². The molecule has 108 valence electrons. The smallest absolute Gasteiger partial charge is 0.339 e. The number of carbonyl (C=O) groups is 1. The highest BCUT2D eigenvalue weighted by atomic mass is 32.3. The number of hydrogen-bond donors (Lipinski definition) is 2. The van der Waals surface area contributed by atoms with E-state index in [0.29, 0.717) is 5.57 Å². The van der Waals surface area contributed by atoms with Crippen molar-refractivity contribution < 1.29 is 32.4 Å². The van der Waals surface area contributed by atoms with Crippen molar-refractivity contribution in [3.8, 4) is 0 Å². The summed E-state index contributed by atoms with van der Waals surface area (Å²) in [6, 6.07) is 0. The molecule has 0 saturated carbocycles. The highest BCUT2D eigenvalue weighted by Crippen LogP contribution is 2.09. The lowest BCUT2D eigenvalue weighted by atomic mass is 10.2. The molecule has 0 aromatic rings. The second-order valence-corrected chi connectivity index (χ2v) is 5.64.